The zero-order chi connectivity index (χ0) is 21.4. The fourth-order valence-corrected chi connectivity index (χ4v) is 4.55. The lowest BCUT2D eigenvalue weighted by molar-refractivity contribution is -0.143. The quantitative estimate of drug-likeness (QED) is 0.715. The number of Topliss-reactive ketones (excluding diaryl/α,β-unsaturated/α-hetero) is 1. The van der Waals surface area contributed by atoms with Crippen molar-refractivity contribution in [2.24, 2.45) is 10.9 Å². The number of carbonyl (C=O) groups is 2. The lowest BCUT2D eigenvalue weighted by atomic mass is 9.71. The lowest BCUT2D eigenvalue weighted by Gasteiger charge is -2.35. The number of ether oxygens (including phenoxy) is 1. The molecule has 1 aromatic carbocycles. The molecule has 30 heavy (non-hydrogen) atoms. The van der Waals surface area contributed by atoms with Crippen LogP contribution in [0.15, 0.2) is 63.3 Å². The van der Waals surface area contributed by atoms with E-state index in [2.05, 4.69) is 24.3 Å². The van der Waals surface area contributed by atoms with Crippen LogP contribution in [0.25, 0.3) is 0 Å². The van der Waals surface area contributed by atoms with E-state index in [-0.39, 0.29) is 11.7 Å². The van der Waals surface area contributed by atoms with Crippen molar-refractivity contribution in [3.63, 3.8) is 0 Å². The Morgan fingerprint density at radius 1 is 1.17 bits per heavy atom. The SMILES string of the molecule is COC(=O)C1C(C)=NC2=C(C(=O)C[C@@H](c3ccc(N(C)C)cc3)C2)[C@@H]1c1ccco1. The number of methoxy groups -OCH3 is 1. The molecule has 0 fully saturated rings. The van der Waals surface area contributed by atoms with E-state index in [4.69, 9.17) is 14.1 Å². The molecule has 1 unspecified atom stereocenters. The Morgan fingerprint density at radius 3 is 2.50 bits per heavy atom. The molecule has 1 aliphatic carbocycles. The summed E-state index contributed by atoms with van der Waals surface area (Å²) >= 11 is 0. The normalized spacial score (nSPS) is 23.7. The third-order valence-corrected chi connectivity index (χ3v) is 6.07. The number of benzene rings is 1. The molecule has 1 aliphatic heterocycles. The number of hydrogen-bond acceptors (Lipinski definition) is 6. The first-order valence-electron chi connectivity index (χ1n) is 10.1. The summed E-state index contributed by atoms with van der Waals surface area (Å²) in [5, 5.41) is 0. The molecule has 0 spiro atoms. The van der Waals surface area contributed by atoms with E-state index < -0.39 is 17.8 Å². The Labute approximate surface area is 176 Å². The van der Waals surface area contributed by atoms with E-state index in [0.717, 1.165) is 16.9 Å². The first-order valence-corrected chi connectivity index (χ1v) is 10.1. The van der Waals surface area contributed by atoms with Gasteiger partial charge < -0.3 is 14.1 Å². The van der Waals surface area contributed by atoms with Crippen LogP contribution in [0.2, 0.25) is 0 Å². The Hall–Kier alpha value is -3.15. The number of rotatable bonds is 4. The Bertz CT molecular complexity index is 1020. The molecule has 0 saturated carbocycles. The molecule has 0 amide bonds. The van der Waals surface area contributed by atoms with Gasteiger partial charge in [0.25, 0.3) is 0 Å². The molecule has 156 valence electrons. The van der Waals surface area contributed by atoms with E-state index in [0.29, 0.717) is 29.9 Å². The molecule has 2 heterocycles. The fraction of sp³-hybridized carbons (Fsp3) is 0.375. The third-order valence-electron chi connectivity index (χ3n) is 6.07. The number of anilines is 1. The number of ketones is 1. The molecule has 2 aliphatic rings. The van der Waals surface area contributed by atoms with Gasteiger partial charge in [-0.1, -0.05) is 12.1 Å². The van der Waals surface area contributed by atoms with E-state index in [1.54, 1.807) is 12.3 Å². The molecule has 6 heteroatoms. The van der Waals surface area contributed by atoms with E-state index in [1.807, 2.05) is 32.0 Å². The highest BCUT2D eigenvalue weighted by Gasteiger charge is 2.45. The zero-order valence-corrected chi connectivity index (χ0v) is 17.7. The number of nitrogens with zero attached hydrogens (tertiary/aromatic N) is 2. The third kappa shape index (κ3) is 3.47. The van der Waals surface area contributed by atoms with Gasteiger partial charge in [0, 0.05) is 43.2 Å². The van der Waals surface area contributed by atoms with Crippen LogP contribution in [0, 0.1) is 5.92 Å². The van der Waals surface area contributed by atoms with Crippen molar-refractivity contribution < 1.29 is 18.7 Å². The molecule has 1 aromatic heterocycles. The molecule has 3 atom stereocenters. The number of hydrogen-bond donors (Lipinski definition) is 0. The molecule has 0 radical (unpaired) electrons. The van der Waals surface area contributed by atoms with Gasteiger partial charge in [0.05, 0.1) is 19.3 Å². The summed E-state index contributed by atoms with van der Waals surface area (Å²) in [6.45, 7) is 1.82. The maximum Gasteiger partial charge on any atom is 0.315 e. The van der Waals surface area contributed by atoms with Crippen LogP contribution in [0.5, 0.6) is 0 Å². The van der Waals surface area contributed by atoms with Gasteiger partial charge in [0.15, 0.2) is 5.78 Å². The standard InChI is InChI=1S/C24H26N2O4/c1-14-21(24(28)29-4)23(20-6-5-11-30-20)22-18(25-14)12-16(13-19(22)27)15-7-9-17(10-8-15)26(2)3/h5-11,16,21,23H,12-13H2,1-4H3/t16-,21?,23+/m0/s1. The molecule has 0 saturated heterocycles. The van der Waals surface area contributed by atoms with Crippen molar-refractivity contribution in [1.29, 1.82) is 0 Å². The second-order valence-electron chi connectivity index (χ2n) is 8.12. The second kappa shape index (κ2) is 7.94. The van der Waals surface area contributed by atoms with Crippen molar-refractivity contribution in [3.05, 3.63) is 65.3 Å². The van der Waals surface area contributed by atoms with Gasteiger partial charge in [-0.2, -0.15) is 0 Å². The van der Waals surface area contributed by atoms with Crippen molar-refractivity contribution >= 4 is 23.2 Å². The Balaban J connectivity index is 1.73. The van der Waals surface area contributed by atoms with Gasteiger partial charge in [0.1, 0.15) is 11.7 Å². The van der Waals surface area contributed by atoms with Gasteiger partial charge in [-0.05, 0) is 49.1 Å². The van der Waals surface area contributed by atoms with E-state index in [9.17, 15) is 9.59 Å². The minimum absolute atomic E-state index is 0.0180. The van der Waals surface area contributed by atoms with Crippen molar-refractivity contribution in [3.8, 4) is 0 Å². The van der Waals surface area contributed by atoms with E-state index >= 15 is 0 Å². The summed E-state index contributed by atoms with van der Waals surface area (Å²) in [7, 11) is 5.36. The maximum atomic E-state index is 13.3. The lowest BCUT2D eigenvalue weighted by Crippen LogP contribution is -2.37. The van der Waals surface area contributed by atoms with Gasteiger partial charge >= 0.3 is 5.97 Å². The summed E-state index contributed by atoms with van der Waals surface area (Å²) in [5.41, 5.74) is 4.24. The highest BCUT2D eigenvalue weighted by Crippen LogP contribution is 2.46. The summed E-state index contributed by atoms with van der Waals surface area (Å²) in [4.78, 5) is 32.6. The molecular weight excluding hydrogens is 380 g/mol. The number of allylic oxidation sites excluding steroid dienone is 2. The minimum Gasteiger partial charge on any atom is -0.469 e. The molecule has 0 N–H and O–H groups in total. The first kappa shape index (κ1) is 20.1. The van der Waals surface area contributed by atoms with Gasteiger partial charge in [-0.25, -0.2) is 0 Å². The molecule has 0 bridgehead atoms. The molecular formula is C24H26N2O4. The number of aliphatic imine (C=N–C) groups is 1. The predicted molar refractivity (Wildman–Crippen MR) is 115 cm³/mol. The van der Waals surface area contributed by atoms with Gasteiger partial charge in [0.2, 0.25) is 0 Å². The van der Waals surface area contributed by atoms with Crippen molar-refractivity contribution in [1.82, 2.24) is 0 Å². The smallest absolute Gasteiger partial charge is 0.315 e. The predicted octanol–water partition coefficient (Wildman–Crippen LogP) is 4.09. The van der Waals surface area contributed by atoms with Crippen LogP contribution >= 0.6 is 0 Å². The fourth-order valence-electron chi connectivity index (χ4n) is 4.55. The summed E-state index contributed by atoms with van der Waals surface area (Å²) in [5.74, 6) is -0.877. The van der Waals surface area contributed by atoms with Crippen LogP contribution < -0.4 is 4.90 Å². The van der Waals surface area contributed by atoms with Crippen LogP contribution in [-0.2, 0) is 14.3 Å². The Kier molecular flexibility index (Phi) is 5.33. The van der Waals surface area contributed by atoms with Crippen molar-refractivity contribution in [2.75, 3.05) is 26.1 Å². The van der Waals surface area contributed by atoms with Crippen LogP contribution in [0.3, 0.4) is 0 Å². The molecule has 4 rings (SSSR count). The number of esters is 1. The van der Waals surface area contributed by atoms with Crippen molar-refractivity contribution in [2.45, 2.75) is 31.6 Å². The largest absolute Gasteiger partial charge is 0.469 e. The summed E-state index contributed by atoms with van der Waals surface area (Å²) in [6, 6.07) is 11.9. The average Bonchev–Trinajstić information content (AvgIpc) is 3.26. The summed E-state index contributed by atoms with van der Waals surface area (Å²) in [6.07, 6.45) is 2.61. The van der Waals surface area contributed by atoms with Crippen LogP contribution in [0.1, 0.15) is 42.9 Å². The second-order valence-corrected chi connectivity index (χ2v) is 8.12. The highest BCUT2D eigenvalue weighted by atomic mass is 16.5. The van der Waals surface area contributed by atoms with Gasteiger partial charge in [-0.15, -0.1) is 0 Å². The monoisotopic (exact) mass is 406 g/mol. The first-order chi connectivity index (χ1) is 14.4. The minimum atomic E-state index is -0.653. The zero-order valence-electron chi connectivity index (χ0n) is 17.7. The number of furan rings is 1. The number of carbonyl (C=O) groups excluding carboxylic acids is 2. The average molecular weight is 406 g/mol. The summed E-state index contributed by atoms with van der Waals surface area (Å²) < 4.78 is 10.7. The highest BCUT2D eigenvalue weighted by molar-refractivity contribution is 6.08. The van der Waals surface area contributed by atoms with Crippen LogP contribution in [-0.4, -0.2) is 38.7 Å². The molecule has 6 nitrogen and oxygen atoms in total. The maximum absolute atomic E-state index is 13.3. The van der Waals surface area contributed by atoms with Gasteiger partial charge in [-0.3, -0.25) is 14.6 Å². The van der Waals surface area contributed by atoms with E-state index in [1.165, 1.54) is 7.11 Å². The molecule has 2 aromatic rings. The Morgan fingerprint density at radius 2 is 1.90 bits per heavy atom. The topological polar surface area (TPSA) is 72.1 Å². The van der Waals surface area contributed by atoms with Crippen LogP contribution in [0.4, 0.5) is 5.69 Å².